The Balaban J connectivity index is 1.54. The number of benzene rings is 1. The second-order valence-corrected chi connectivity index (χ2v) is 10.6. The number of hydrogen-bond acceptors (Lipinski definition) is 8. The molecular weight excluding hydrogens is 507 g/mol. The first-order chi connectivity index (χ1) is 16.2. The van der Waals surface area contributed by atoms with Crippen LogP contribution in [0, 0.1) is 0 Å². The molecule has 0 spiro atoms. The standard InChI is InChI=1S/C22H19ClF3N5OS2/c1-31-9-16(32)20-18(33-10-31)6-17(34-20)19-13(22(24,25)26)8-28-21(30-19)29-15-5-11-2-3-27-7-12(11)4-14(15)23/h4-6,8,27H,2-3,7,9-10H2,1H3,(H,28,29,30). The van der Waals surface area contributed by atoms with E-state index in [1.54, 1.807) is 6.07 Å². The number of carbonyl (C=O) groups excluding carboxylic acids is 1. The molecule has 0 saturated heterocycles. The van der Waals surface area contributed by atoms with Crippen molar-refractivity contribution in [3.8, 4) is 10.6 Å². The third-order valence-corrected chi connectivity index (χ3v) is 8.38. The normalized spacial score (nSPS) is 16.7. The molecule has 2 aliphatic rings. The zero-order valence-corrected chi connectivity index (χ0v) is 20.3. The molecule has 1 aromatic carbocycles. The van der Waals surface area contributed by atoms with Crippen LogP contribution in [0.4, 0.5) is 24.8 Å². The maximum Gasteiger partial charge on any atom is 0.420 e. The molecule has 0 bridgehead atoms. The van der Waals surface area contributed by atoms with E-state index in [-0.39, 0.29) is 28.8 Å². The molecule has 0 fully saturated rings. The van der Waals surface area contributed by atoms with Crippen LogP contribution < -0.4 is 10.6 Å². The Morgan fingerprint density at radius 3 is 2.85 bits per heavy atom. The number of halogens is 4. The number of fused-ring (bicyclic) bond motifs is 2. The Bertz CT molecular complexity index is 1280. The van der Waals surface area contributed by atoms with Gasteiger partial charge in [-0.15, -0.1) is 23.1 Å². The van der Waals surface area contributed by atoms with Crippen molar-refractivity contribution in [2.24, 2.45) is 0 Å². The molecule has 0 aliphatic carbocycles. The number of Topliss-reactive ketones (excluding diaryl/α,β-unsaturated/α-hetero) is 1. The maximum atomic E-state index is 13.8. The average molecular weight is 526 g/mol. The molecule has 0 atom stereocenters. The lowest BCUT2D eigenvalue weighted by atomic mass is 10.0. The molecule has 2 aromatic heterocycles. The van der Waals surface area contributed by atoms with Gasteiger partial charge >= 0.3 is 6.18 Å². The first kappa shape index (κ1) is 23.6. The summed E-state index contributed by atoms with van der Waals surface area (Å²) in [7, 11) is 1.83. The molecule has 34 heavy (non-hydrogen) atoms. The van der Waals surface area contributed by atoms with Crippen molar-refractivity contribution in [3.05, 3.63) is 51.0 Å². The van der Waals surface area contributed by atoms with Gasteiger partial charge in [-0.1, -0.05) is 11.6 Å². The lowest BCUT2D eigenvalue weighted by Gasteiger charge is -2.19. The van der Waals surface area contributed by atoms with Gasteiger partial charge in [-0.25, -0.2) is 9.97 Å². The van der Waals surface area contributed by atoms with Crippen LogP contribution in [-0.2, 0) is 19.1 Å². The van der Waals surface area contributed by atoms with Crippen molar-refractivity contribution >= 4 is 52.1 Å². The summed E-state index contributed by atoms with van der Waals surface area (Å²) in [5.41, 5.74) is 1.52. The van der Waals surface area contributed by atoms with E-state index in [4.69, 9.17) is 11.6 Å². The Labute approximate surface area is 206 Å². The second kappa shape index (κ2) is 9.12. The van der Waals surface area contributed by atoms with Crippen molar-refractivity contribution in [1.29, 1.82) is 0 Å². The van der Waals surface area contributed by atoms with Crippen LogP contribution in [-0.4, -0.2) is 46.7 Å². The summed E-state index contributed by atoms with van der Waals surface area (Å²) in [6.07, 6.45) is -3.06. The van der Waals surface area contributed by atoms with Crippen LogP contribution in [0.3, 0.4) is 0 Å². The summed E-state index contributed by atoms with van der Waals surface area (Å²) in [5.74, 6) is 0.459. The number of ketones is 1. The number of hydrogen-bond donors (Lipinski definition) is 2. The van der Waals surface area contributed by atoms with Crippen LogP contribution in [0.5, 0.6) is 0 Å². The van der Waals surface area contributed by atoms with E-state index >= 15 is 0 Å². The third-order valence-electron chi connectivity index (χ3n) is 5.56. The summed E-state index contributed by atoms with van der Waals surface area (Å²) in [4.78, 5) is 24.0. The monoisotopic (exact) mass is 525 g/mol. The van der Waals surface area contributed by atoms with Gasteiger partial charge in [-0.2, -0.15) is 13.2 Å². The molecule has 2 aliphatic heterocycles. The van der Waals surface area contributed by atoms with Gasteiger partial charge in [0.2, 0.25) is 5.95 Å². The lowest BCUT2D eigenvalue weighted by Crippen LogP contribution is -2.23. The fourth-order valence-corrected chi connectivity index (χ4v) is 6.38. The predicted octanol–water partition coefficient (Wildman–Crippen LogP) is 5.44. The number of thioether (sulfide) groups is 1. The smallest absolute Gasteiger partial charge is 0.323 e. The van der Waals surface area contributed by atoms with Crippen molar-refractivity contribution in [1.82, 2.24) is 20.2 Å². The number of nitrogens with zero attached hydrogens (tertiary/aromatic N) is 3. The number of nitrogens with one attached hydrogen (secondary N) is 2. The first-order valence-corrected chi connectivity index (χ1v) is 12.6. The van der Waals surface area contributed by atoms with E-state index in [0.717, 1.165) is 41.6 Å². The molecule has 178 valence electrons. The topological polar surface area (TPSA) is 70.2 Å². The van der Waals surface area contributed by atoms with Gasteiger partial charge in [0.15, 0.2) is 5.78 Å². The zero-order chi connectivity index (χ0) is 24.0. The van der Waals surface area contributed by atoms with E-state index in [0.29, 0.717) is 32.9 Å². The van der Waals surface area contributed by atoms with Gasteiger partial charge in [0, 0.05) is 23.5 Å². The van der Waals surface area contributed by atoms with Crippen LogP contribution in [0.2, 0.25) is 5.02 Å². The van der Waals surface area contributed by atoms with Gasteiger partial charge < -0.3 is 10.6 Å². The fourth-order valence-electron chi connectivity index (χ4n) is 3.89. The number of rotatable bonds is 3. The van der Waals surface area contributed by atoms with Crippen LogP contribution in [0.1, 0.15) is 26.4 Å². The lowest BCUT2D eigenvalue weighted by molar-refractivity contribution is -0.137. The highest BCUT2D eigenvalue weighted by molar-refractivity contribution is 7.99. The maximum absolute atomic E-state index is 13.8. The molecule has 0 saturated carbocycles. The highest BCUT2D eigenvalue weighted by Gasteiger charge is 2.36. The first-order valence-electron chi connectivity index (χ1n) is 10.4. The molecular formula is C22H19ClF3N5OS2. The van der Waals surface area contributed by atoms with E-state index in [2.05, 4.69) is 20.6 Å². The number of thiophene rings is 1. The van der Waals surface area contributed by atoms with Crippen molar-refractivity contribution in [2.75, 3.05) is 31.3 Å². The summed E-state index contributed by atoms with van der Waals surface area (Å²) in [6.45, 7) is 1.77. The van der Waals surface area contributed by atoms with Gasteiger partial charge in [-0.05, 0) is 49.3 Å². The molecule has 2 N–H and O–H groups in total. The summed E-state index contributed by atoms with van der Waals surface area (Å²) < 4.78 is 41.5. The molecule has 0 unspecified atom stereocenters. The number of carbonyl (C=O) groups is 1. The van der Waals surface area contributed by atoms with Gasteiger partial charge in [0.1, 0.15) is 5.56 Å². The highest BCUT2D eigenvalue weighted by Crippen LogP contribution is 2.43. The van der Waals surface area contributed by atoms with Gasteiger partial charge in [0.25, 0.3) is 0 Å². The number of likely N-dealkylation sites (N-methyl/N-ethyl adjacent to an activating group) is 1. The zero-order valence-electron chi connectivity index (χ0n) is 17.9. The Morgan fingerprint density at radius 1 is 1.24 bits per heavy atom. The summed E-state index contributed by atoms with van der Waals surface area (Å²) in [6, 6.07) is 5.34. The molecule has 3 aromatic rings. The minimum atomic E-state index is -4.65. The molecule has 5 rings (SSSR count). The van der Waals surface area contributed by atoms with Gasteiger partial charge in [-0.3, -0.25) is 9.69 Å². The third kappa shape index (κ3) is 4.67. The van der Waals surface area contributed by atoms with Gasteiger partial charge in [0.05, 0.1) is 32.7 Å². The van der Waals surface area contributed by atoms with E-state index in [1.807, 2.05) is 24.1 Å². The van der Waals surface area contributed by atoms with Crippen LogP contribution in [0.15, 0.2) is 29.3 Å². The van der Waals surface area contributed by atoms with Crippen molar-refractivity contribution in [2.45, 2.75) is 24.0 Å². The number of anilines is 2. The van der Waals surface area contributed by atoms with Crippen LogP contribution in [0.25, 0.3) is 10.6 Å². The van der Waals surface area contributed by atoms with Crippen molar-refractivity contribution < 1.29 is 18.0 Å². The fraction of sp³-hybridized carbons (Fsp3) is 0.318. The molecule has 4 heterocycles. The average Bonchev–Trinajstić information content (AvgIpc) is 3.16. The molecule has 6 nitrogen and oxygen atoms in total. The van der Waals surface area contributed by atoms with Crippen LogP contribution >= 0.6 is 34.7 Å². The Hall–Kier alpha value is -2.18. The minimum Gasteiger partial charge on any atom is -0.323 e. The summed E-state index contributed by atoms with van der Waals surface area (Å²) >= 11 is 8.87. The summed E-state index contributed by atoms with van der Waals surface area (Å²) in [5, 5.41) is 6.69. The Kier molecular flexibility index (Phi) is 6.32. The largest absolute Gasteiger partial charge is 0.420 e. The molecule has 12 heteroatoms. The van der Waals surface area contributed by atoms with Crippen molar-refractivity contribution in [3.63, 3.8) is 0 Å². The Morgan fingerprint density at radius 2 is 2.06 bits per heavy atom. The SMILES string of the molecule is CN1CSc2cc(-c3nc(Nc4cc5c(cc4Cl)CNCC5)ncc3C(F)(F)F)sc2C(=O)C1. The predicted molar refractivity (Wildman–Crippen MR) is 128 cm³/mol. The van der Waals surface area contributed by atoms with E-state index < -0.39 is 11.7 Å². The quantitative estimate of drug-likeness (QED) is 0.471. The number of alkyl halides is 3. The second-order valence-electron chi connectivity index (χ2n) is 8.12. The highest BCUT2D eigenvalue weighted by atomic mass is 35.5. The molecule has 0 amide bonds. The van der Waals surface area contributed by atoms with E-state index in [1.165, 1.54) is 11.8 Å². The minimum absolute atomic E-state index is 0.00101. The van der Waals surface area contributed by atoms with E-state index in [9.17, 15) is 18.0 Å². The number of aromatic nitrogens is 2. The molecule has 0 radical (unpaired) electrons.